The third kappa shape index (κ3) is 6.22. The summed E-state index contributed by atoms with van der Waals surface area (Å²) in [6.07, 6.45) is 0.629. The molecule has 1 atom stereocenters. The van der Waals surface area contributed by atoms with E-state index in [1.54, 1.807) is 21.0 Å². The molecule has 0 heterocycles. The van der Waals surface area contributed by atoms with Crippen LogP contribution in [0.4, 0.5) is 0 Å². The van der Waals surface area contributed by atoms with Crippen molar-refractivity contribution in [2.75, 3.05) is 13.7 Å². The molecule has 0 bridgehead atoms. The third-order valence-electron chi connectivity index (χ3n) is 4.23. The fourth-order valence-electron chi connectivity index (χ4n) is 2.57. The maximum absolute atomic E-state index is 12.6. The first kappa shape index (κ1) is 22.2. The van der Waals surface area contributed by atoms with Gasteiger partial charge in [-0.3, -0.25) is 4.79 Å². The minimum atomic E-state index is -3.83. The van der Waals surface area contributed by atoms with Gasteiger partial charge in [-0.15, -0.1) is 0 Å². The molecule has 0 aliphatic heterocycles. The number of carbonyl (C=O) groups is 1. The quantitative estimate of drug-likeness (QED) is 0.648. The van der Waals surface area contributed by atoms with E-state index in [1.807, 2.05) is 24.3 Å². The Morgan fingerprint density at radius 1 is 1.07 bits per heavy atom. The summed E-state index contributed by atoms with van der Waals surface area (Å²) >= 11 is 5.81. The monoisotopic (exact) mass is 424 g/mol. The van der Waals surface area contributed by atoms with Crippen molar-refractivity contribution in [2.24, 2.45) is 5.92 Å². The number of amides is 1. The molecule has 0 radical (unpaired) electrons. The lowest BCUT2D eigenvalue weighted by molar-refractivity contribution is -0.123. The lowest BCUT2D eigenvalue weighted by Gasteiger charge is -2.21. The second-order valence-electron chi connectivity index (χ2n) is 6.69. The molecule has 0 saturated carbocycles. The highest BCUT2D eigenvalue weighted by Crippen LogP contribution is 2.16. The summed E-state index contributed by atoms with van der Waals surface area (Å²) < 4.78 is 32.8. The molecule has 2 rings (SSSR count). The fourth-order valence-corrected chi connectivity index (χ4v) is 4.04. The van der Waals surface area contributed by atoms with Crippen LogP contribution in [0.1, 0.15) is 19.4 Å². The van der Waals surface area contributed by atoms with Crippen molar-refractivity contribution in [3.05, 3.63) is 59.1 Å². The Bertz CT molecular complexity index is 881. The first-order valence-corrected chi connectivity index (χ1v) is 10.8. The maximum Gasteiger partial charge on any atom is 0.241 e. The number of ether oxygens (including phenoxy) is 1. The molecule has 0 fully saturated rings. The van der Waals surface area contributed by atoms with Crippen molar-refractivity contribution in [3.8, 4) is 5.75 Å². The summed E-state index contributed by atoms with van der Waals surface area (Å²) in [7, 11) is -2.23. The van der Waals surface area contributed by atoms with Gasteiger partial charge in [0.2, 0.25) is 15.9 Å². The zero-order valence-corrected chi connectivity index (χ0v) is 17.7. The standard InChI is InChI=1S/C20H25ClN2O4S/c1-14(2)19(23-28(25,26)18-10-6-16(21)7-11-18)20(24)22-13-12-15-4-8-17(27-3)9-5-15/h4-11,14,19,23H,12-13H2,1-3H3,(H,22,24)/t19-/m0/s1. The topological polar surface area (TPSA) is 84.5 Å². The van der Waals surface area contributed by atoms with Gasteiger partial charge in [-0.2, -0.15) is 4.72 Å². The summed E-state index contributed by atoms with van der Waals surface area (Å²) in [6.45, 7) is 3.98. The van der Waals surface area contributed by atoms with E-state index < -0.39 is 16.1 Å². The summed E-state index contributed by atoms with van der Waals surface area (Å²) in [5.41, 5.74) is 1.05. The van der Waals surface area contributed by atoms with Gasteiger partial charge in [0.15, 0.2) is 0 Å². The van der Waals surface area contributed by atoms with Gasteiger partial charge in [0.25, 0.3) is 0 Å². The Morgan fingerprint density at radius 3 is 2.21 bits per heavy atom. The summed E-state index contributed by atoms with van der Waals surface area (Å²) in [6, 6.07) is 12.5. The van der Waals surface area contributed by atoms with E-state index >= 15 is 0 Å². The number of hydrogen-bond acceptors (Lipinski definition) is 4. The van der Waals surface area contributed by atoms with Crippen LogP contribution in [-0.4, -0.2) is 34.0 Å². The number of carbonyl (C=O) groups excluding carboxylic acids is 1. The minimum absolute atomic E-state index is 0.0635. The Labute approximate surface area is 171 Å². The average molecular weight is 425 g/mol. The van der Waals surface area contributed by atoms with E-state index in [0.29, 0.717) is 18.0 Å². The number of rotatable bonds is 9. The van der Waals surface area contributed by atoms with E-state index in [-0.39, 0.29) is 16.7 Å². The average Bonchev–Trinajstić information content (AvgIpc) is 2.66. The third-order valence-corrected chi connectivity index (χ3v) is 5.94. The predicted molar refractivity (Wildman–Crippen MR) is 110 cm³/mol. The number of nitrogens with one attached hydrogen (secondary N) is 2. The number of hydrogen-bond donors (Lipinski definition) is 2. The van der Waals surface area contributed by atoms with E-state index in [4.69, 9.17) is 16.3 Å². The smallest absolute Gasteiger partial charge is 0.241 e. The Kier molecular flexibility index (Phi) is 7.86. The van der Waals surface area contributed by atoms with Crippen molar-refractivity contribution in [1.29, 1.82) is 0 Å². The van der Waals surface area contributed by atoms with Gasteiger partial charge in [-0.25, -0.2) is 8.42 Å². The highest BCUT2D eigenvalue weighted by Gasteiger charge is 2.28. The van der Waals surface area contributed by atoms with E-state index in [9.17, 15) is 13.2 Å². The number of halogens is 1. The van der Waals surface area contributed by atoms with E-state index in [1.165, 1.54) is 24.3 Å². The Balaban J connectivity index is 1.98. The zero-order chi connectivity index (χ0) is 20.7. The molecule has 0 aliphatic carbocycles. The van der Waals surface area contributed by atoms with Crippen LogP contribution in [0.15, 0.2) is 53.4 Å². The van der Waals surface area contributed by atoms with Gasteiger partial charge in [-0.05, 0) is 54.3 Å². The molecule has 0 saturated heterocycles. The molecule has 0 unspecified atom stereocenters. The molecular weight excluding hydrogens is 400 g/mol. The fraction of sp³-hybridized carbons (Fsp3) is 0.350. The van der Waals surface area contributed by atoms with Crippen molar-refractivity contribution >= 4 is 27.5 Å². The highest BCUT2D eigenvalue weighted by molar-refractivity contribution is 7.89. The van der Waals surface area contributed by atoms with Gasteiger partial charge in [0, 0.05) is 11.6 Å². The SMILES string of the molecule is COc1ccc(CCNC(=O)[C@@H](NS(=O)(=O)c2ccc(Cl)cc2)C(C)C)cc1. The molecule has 152 valence electrons. The largest absolute Gasteiger partial charge is 0.497 e. The van der Waals surface area contributed by atoms with Gasteiger partial charge < -0.3 is 10.1 Å². The Morgan fingerprint density at radius 2 is 1.68 bits per heavy atom. The second-order valence-corrected chi connectivity index (χ2v) is 8.84. The van der Waals surface area contributed by atoms with Crippen molar-refractivity contribution in [1.82, 2.24) is 10.0 Å². The van der Waals surface area contributed by atoms with E-state index in [2.05, 4.69) is 10.0 Å². The van der Waals surface area contributed by atoms with Crippen LogP contribution < -0.4 is 14.8 Å². The first-order chi connectivity index (χ1) is 13.2. The van der Waals surface area contributed by atoms with Gasteiger partial charge >= 0.3 is 0 Å². The maximum atomic E-state index is 12.6. The number of sulfonamides is 1. The van der Waals surface area contributed by atoms with Gasteiger partial charge in [0.1, 0.15) is 11.8 Å². The van der Waals surface area contributed by atoms with Crippen molar-refractivity contribution in [2.45, 2.75) is 31.2 Å². The van der Waals surface area contributed by atoms with Gasteiger partial charge in [0.05, 0.1) is 12.0 Å². The van der Waals surface area contributed by atoms with Crippen LogP contribution in [0.3, 0.4) is 0 Å². The molecule has 6 nitrogen and oxygen atoms in total. The summed E-state index contributed by atoms with van der Waals surface area (Å²) in [4.78, 5) is 12.6. The van der Waals surface area contributed by atoms with Crippen LogP contribution in [-0.2, 0) is 21.2 Å². The van der Waals surface area contributed by atoms with Crippen molar-refractivity contribution in [3.63, 3.8) is 0 Å². The molecule has 0 aliphatic rings. The first-order valence-electron chi connectivity index (χ1n) is 8.91. The minimum Gasteiger partial charge on any atom is -0.497 e. The van der Waals surface area contributed by atoms with Crippen LogP contribution in [0.2, 0.25) is 5.02 Å². The molecule has 0 aromatic heterocycles. The van der Waals surface area contributed by atoms with Crippen molar-refractivity contribution < 1.29 is 17.9 Å². The van der Waals surface area contributed by atoms with Crippen LogP contribution in [0.5, 0.6) is 5.75 Å². The summed E-state index contributed by atoms with van der Waals surface area (Å²) in [5.74, 6) is 0.188. The lowest BCUT2D eigenvalue weighted by Crippen LogP contribution is -2.49. The zero-order valence-electron chi connectivity index (χ0n) is 16.1. The van der Waals surface area contributed by atoms with Crippen LogP contribution >= 0.6 is 11.6 Å². The van der Waals surface area contributed by atoms with Gasteiger partial charge in [-0.1, -0.05) is 37.6 Å². The normalized spacial score (nSPS) is 12.6. The predicted octanol–water partition coefficient (Wildman–Crippen LogP) is 3.01. The number of methoxy groups -OCH3 is 1. The molecule has 2 N–H and O–H groups in total. The highest BCUT2D eigenvalue weighted by atomic mass is 35.5. The molecule has 1 amide bonds. The van der Waals surface area contributed by atoms with Crippen LogP contribution in [0.25, 0.3) is 0 Å². The molecule has 28 heavy (non-hydrogen) atoms. The molecular formula is C20H25ClN2O4S. The molecule has 8 heteroatoms. The molecule has 2 aromatic carbocycles. The second kappa shape index (κ2) is 9.91. The summed E-state index contributed by atoms with van der Waals surface area (Å²) in [5, 5.41) is 3.25. The van der Waals surface area contributed by atoms with E-state index in [0.717, 1.165) is 11.3 Å². The Hall–Kier alpha value is -2.09. The number of benzene rings is 2. The lowest BCUT2D eigenvalue weighted by atomic mass is 10.0. The van der Waals surface area contributed by atoms with Crippen LogP contribution in [0, 0.1) is 5.92 Å². The molecule has 2 aromatic rings. The molecule has 0 spiro atoms.